The van der Waals surface area contributed by atoms with Gasteiger partial charge >= 0.3 is 0 Å². The average molecular weight is 354 g/mol. The number of benzene rings is 2. The predicted molar refractivity (Wildman–Crippen MR) is 98.7 cm³/mol. The van der Waals surface area contributed by atoms with E-state index in [4.69, 9.17) is 0 Å². The highest BCUT2D eigenvalue weighted by Crippen LogP contribution is 2.58. The third-order valence-corrected chi connectivity index (χ3v) is 6.79. The van der Waals surface area contributed by atoms with E-state index < -0.39 is 17.8 Å². The molecule has 0 radical (unpaired) electrons. The molecule has 5 atom stereocenters. The van der Waals surface area contributed by atoms with Crippen LogP contribution in [0.5, 0.6) is 5.75 Å². The summed E-state index contributed by atoms with van der Waals surface area (Å²) >= 11 is 0. The van der Waals surface area contributed by atoms with Gasteiger partial charge in [-0.3, -0.25) is 0 Å². The largest absolute Gasteiger partial charge is 0.508 e. The Labute approximate surface area is 153 Å². The summed E-state index contributed by atoms with van der Waals surface area (Å²) in [4.78, 5) is 0. The normalized spacial score (nSPS) is 36.2. The van der Waals surface area contributed by atoms with E-state index in [0.717, 1.165) is 23.1 Å². The minimum atomic E-state index is -1.31. The zero-order valence-electron chi connectivity index (χ0n) is 15.0. The second-order valence-corrected chi connectivity index (χ2v) is 7.94. The van der Waals surface area contributed by atoms with Gasteiger partial charge in [0.2, 0.25) is 0 Å². The molecule has 2 aliphatic carbocycles. The summed E-state index contributed by atoms with van der Waals surface area (Å²) in [6, 6.07) is 14.5. The van der Waals surface area contributed by atoms with Crippen molar-refractivity contribution in [2.45, 2.75) is 55.8 Å². The van der Waals surface area contributed by atoms with Crippen LogP contribution in [0.4, 0.5) is 0 Å². The van der Waals surface area contributed by atoms with Gasteiger partial charge < -0.3 is 20.4 Å². The van der Waals surface area contributed by atoms with Crippen molar-refractivity contribution >= 4 is 0 Å². The fourth-order valence-electron chi connectivity index (χ4n) is 5.36. The Morgan fingerprint density at radius 3 is 2.46 bits per heavy atom. The zero-order valence-corrected chi connectivity index (χ0v) is 15.0. The first kappa shape index (κ1) is 17.5. The fourth-order valence-corrected chi connectivity index (χ4v) is 5.36. The number of aliphatic hydroxyl groups excluding tert-OH is 2. The van der Waals surface area contributed by atoms with E-state index >= 15 is 0 Å². The van der Waals surface area contributed by atoms with E-state index in [1.54, 1.807) is 12.1 Å². The van der Waals surface area contributed by atoms with Gasteiger partial charge in [0.1, 0.15) is 11.4 Å². The highest BCUT2D eigenvalue weighted by molar-refractivity contribution is 5.45. The number of aromatic hydroxyl groups is 1. The van der Waals surface area contributed by atoms with E-state index in [0.29, 0.717) is 19.3 Å². The van der Waals surface area contributed by atoms with E-state index in [2.05, 4.69) is 6.92 Å². The molecular weight excluding hydrogens is 328 g/mol. The van der Waals surface area contributed by atoms with Crippen LogP contribution in [0, 0.1) is 5.92 Å². The maximum atomic E-state index is 11.4. The Balaban J connectivity index is 1.81. The van der Waals surface area contributed by atoms with Crippen LogP contribution in [0.15, 0.2) is 48.5 Å². The van der Waals surface area contributed by atoms with Crippen molar-refractivity contribution in [2.24, 2.45) is 5.92 Å². The van der Waals surface area contributed by atoms with Crippen LogP contribution < -0.4 is 0 Å². The Hall–Kier alpha value is -1.88. The molecule has 0 aromatic heterocycles. The molecule has 0 amide bonds. The standard InChI is InChI=1S/C22H26O4/c1-2-21-13-20(25)22(26,14-6-4-3-5-7-14)12-15(21)10-19(24)17-11-16(23)8-9-18(17)21/h3-9,11,15,19-20,23-26H,2,10,12-13H2,1H3/t15-,19-,20+,21-,22-/m1/s1. The van der Waals surface area contributed by atoms with Gasteiger partial charge in [-0.1, -0.05) is 43.3 Å². The molecule has 2 aromatic carbocycles. The highest BCUT2D eigenvalue weighted by Gasteiger charge is 2.56. The van der Waals surface area contributed by atoms with Crippen molar-refractivity contribution in [3.8, 4) is 5.75 Å². The Kier molecular flexibility index (Phi) is 4.10. The number of fused-ring (bicyclic) bond motifs is 3. The number of phenolic OH excluding ortho intramolecular Hbond substituents is 1. The van der Waals surface area contributed by atoms with Crippen molar-refractivity contribution in [2.75, 3.05) is 0 Å². The molecule has 26 heavy (non-hydrogen) atoms. The van der Waals surface area contributed by atoms with Crippen molar-refractivity contribution in [3.63, 3.8) is 0 Å². The highest BCUT2D eigenvalue weighted by atomic mass is 16.3. The molecule has 4 heteroatoms. The molecule has 2 aromatic rings. The molecule has 1 saturated carbocycles. The van der Waals surface area contributed by atoms with Crippen molar-refractivity contribution in [3.05, 3.63) is 65.2 Å². The van der Waals surface area contributed by atoms with Gasteiger partial charge in [-0.15, -0.1) is 0 Å². The van der Waals surface area contributed by atoms with Gasteiger partial charge in [0.25, 0.3) is 0 Å². The van der Waals surface area contributed by atoms with Gasteiger partial charge in [0.15, 0.2) is 0 Å². The molecule has 0 spiro atoms. The summed E-state index contributed by atoms with van der Waals surface area (Å²) < 4.78 is 0. The first-order valence-electron chi connectivity index (χ1n) is 9.38. The maximum Gasteiger partial charge on any atom is 0.116 e. The molecule has 4 nitrogen and oxygen atoms in total. The number of rotatable bonds is 2. The first-order chi connectivity index (χ1) is 12.4. The lowest BCUT2D eigenvalue weighted by molar-refractivity contribution is -0.151. The first-order valence-corrected chi connectivity index (χ1v) is 9.38. The summed E-state index contributed by atoms with van der Waals surface area (Å²) in [7, 11) is 0. The van der Waals surface area contributed by atoms with Gasteiger partial charge in [-0.2, -0.15) is 0 Å². The molecule has 0 aliphatic heterocycles. The lowest BCUT2D eigenvalue weighted by atomic mass is 9.51. The number of aliphatic hydroxyl groups is 3. The van der Waals surface area contributed by atoms with E-state index in [-0.39, 0.29) is 17.1 Å². The summed E-state index contributed by atoms with van der Waals surface area (Å²) in [5.74, 6) is 0.192. The molecule has 0 bridgehead atoms. The molecule has 4 N–H and O–H groups in total. The quantitative estimate of drug-likeness (QED) is 0.668. The molecule has 0 saturated heterocycles. The van der Waals surface area contributed by atoms with Gasteiger partial charge in [-0.05, 0) is 60.4 Å². The van der Waals surface area contributed by atoms with Crippen molar-refractivity contribution in [1.29, 1.82) is 0 Å². The Morgan fingerprint density at radius 2 is 1.77 bits per heavy atom. The van der Waals surface area contributed by atoms with Gasteiger partial charge in [-0.25, -0.2) is 0 Å². The Bertz CT molecular complexity index is 805. The van der Waals surface area contributed by atoms with Crippen LogP contribution in [-0.4, -0.2) is 26.5 Å². The van der Waals surface area contributed by atoms with E-state index in [1.165, 1.54) is 0 Å². The zero-order chi connectivity index (χ0) is 18.5. The SMILES string of the molecule is CC[C@@]12C[C@H](O)[C@](O)(c3ccccc3)C[C@H]1C[C@@H](O)c1cc(O)ccc12. The topological polar surface area (TPSA) is 80.9 Å². The third-order valence-electron chi connectivity index (χ3n) is 6.79. The van der Waals surface area contributed by atoms with Crippen LogP contribution in [0.3, 0.4) is 0 Å². The lowest BCUT2D eigenvalue weighted by Crippen LogP contribution is -2.56. The van der Waals surface area contributed by atoms with Gasteiger partial charge in [0.05, 0.1) is 12.2 Å². The van der Waals surface area contributed by atoms with Crippen LogP contribution in [0.1, 0.15) is 55.4 Å². The maximum absolute atomic E-state index is 11.4. The summed E-state index contributed by atoms with van der Waals surface area (Å²) in [6.45, 7) is 2.10. The lowest BCUT2D eigenvalue weighted by Gasteiger charge is -2.55. The third kappa shape index (κ3) is 2.40. The predicted octanol–water partition coefficient (Wildman–Crippen LogP) is 3.14. The molecule has 0 heterocycles. The number of phenols is 1. The number of hydrogen-bond acceptors (Lipinski definition) is 4. The van der Waals surface area contributed by atoms with E-state index in [9.17, 15) is 20.4 Å². The molecule has 138 valence electrons. The Morgan fingerprint density at radius 1 is 1.04 bits per heavy atom. The second kappa shape index (κ2) is 6.08. The smallest absolute Gasteiger partial charge is 0.116 e. The molecule has 1 fully saturated rings. The second-order valence-electron chi connectivity index (χ2n) is 7.94. The van der Waals surface area contributed by atoms with Crippen LogP contribution in [-0.2, 0) is 11.0 Å². The molecule has 0 unspecified atom stereocenters. The monoisotopic (exact) mass is 354 g/mol. The van der Waals surface area contributed by atoms with Crippen LogP contribution >= 0.6 is 0 Å². The summed E-state index contributed by atoms with van der Waals surface area (Å²) in [5, 5.41) is 42.9. The number of hydrogen-bond donors (Lipinski definition) is 4. The molecule has 4 rings (SSSR count). The fraction of sp³-hybridized carbons (Fsp3) is 0.455. The molecule has 2 aliphatic rings. The minimum Gasteiger partial charge on any atom is -0.508 e. The van der Waals surface area contributed by atoms with Crippen LogP contribution in [0.2, 0.25) is 0 Å². The summed E-state index contributed by atoms with van der Waals surface area (Å²) in [6.07, 6.45) is 0.610. The molecular formula is C22H26O4. The van der Waals surface area contributed by atoms with Crippen molar-refractivity contribution in [1.82, 2.24) is 0 Å². The van der Waals surface area contributed by atoms with Crippen LogP contribution in [0.25, 0.3) is 0 Å². The minimum absolute atomic E-state index is 0.0492. The van der Waals surface area contributed by atoms with E-state index in [1.807, 2.05) is 36.4 Å². The average Bonchev–Trinajstić information content (AvgIpc) is 2.64. The van der Waals surface area contributed by atoms with Crippen molar-refractivity contribution < 1.29 is 20.4 Å². The van der Waals surface area contributed by atoms with Gasteiger partial charge in [0, 0.05) is 5.41 Å². The summed E-state index contributed by atoms with van der Waals surface area (Å²) in [5.41, 5.74) is 0.862.